The summed E-state index contributed by atoms with van der Waals surface area (Å²) in [5, 5.41) is 24.7. The van der Waals surface area contributed by atoms with Gasteiger partial charge >= 0.3 is 0 Å². The number of nitrogens with one attached hydrogen (secondary N) is 2. The molecule has 2 aromatic carbocycles. The lowest BCUT2D eigenvalue weighted by Crippen LogP contribution is -2.03. The predicted octanol–water partition coefficient (Wildman–Crippen LogP) is 2.92. The number of aromatic nitrogens is 4. The van der Waals surface area contributed by atoms with Crippen LogP contribution >= 0.6 is 0 Å². The number of hydrogen-bond donors (Lipinski definition) is 3. The quantitative estimate of drug-likeness (QED) is 0.343. The number of aromatic hydroxyl groups is 1. The van der Waals surface area contributed by atoms with Crippen LogP contribution < -0.4 is 15.5 Å². The number of rotatable bonds is 6. The predicted molar refractivity (Wildman–Crippen MR) is 103 cm³/mol. The van der Waals surface area contributed by atoms with Gasteiger partial charge in [0.25, 0.3) is 0 Å². The third kappa shape index (κ3) is 3.65. The third-order valence-corrected chi connectivity index (χ3v) is 3.76. The summed E-state index contributed by atoms with van der Waals surface area (Å²) in [6.07, 6.45) is 1.45. The van der Waals surface area contributed by atoms with Gasteiger partial charge in [-0.3, -0.25) is 5.43 Å². The van der Waals surface area contributed by atoms with Gasteiger partial charge in [-0.05, 0) is 34.6 Å². The molecule has 3 N–H and O–H groups in total. The Labute approximate surface area is 158 Å². The van der Waals surface area contributed by atoms with Crippen molar-refractivity contribution >= 4 is 34.8 Å². The first-order valence-electron chi connectivity index (χ1n) is 8.21. The van der Waals surface area contributed by atoms with Gasteiger partial charge in [0.2, 0.25) is 11.3 Å². The van der Waals surface area contributed by atoms with Crippen LogP contribution in [0.4, 0.5) is 17.3 Å². The number of nitrogens with zero attached hydrogens (tertiary/aromatic N) is 5. The molecule has 0 fully saturated rings. The molecule has 2 heterocycles. The van der Waals surface area contributed by atoms with Gasteiger partial charge in [-0.1, -0.05) is 18.2 Å². The number of phenols is 1. The SMILES string of the molecule is COc1ccc(C=NNc2nc3nonc3nc2Nc2ccccc2)c(O)c1. The van der Waals surface area contributed by atoms with Crippen LogP contribution in [0.3, 0.4) is 0 Å². The highest BCUT2D eigenvalue weighted by atomic mass is 16.6. The number of anilines is 3. The topological polar surface area (TPSA) is 131 Å². The molecule has 0 atom stereocenters. The molecule has 140 valence electrons. The molecular weight excluding hydrogens is 362 g/mol. The van der Waals surface area contributed by atoms with E-state index in [1.54, 1.807) is 12.1 Å². The zero-order valence-electron chi connectivity index (χ0n) is 14.7. The zero-order valence-corrected chi connectivity index (χ0v) is 14.7. The molecule has 28 heavy (non-hydrogen) atoms. The monoisotopic (exact) mass is 377 g/mol. The van der Waals surface area contributed by atoms with E-state index in [4.69, 9.17) is 4.74 Å². The maximum atomic E-state index is 10.0. The number of benzene rings is 2. The molecule has 0 unspecified atom stereocenters. The Balaban J connectivity index is 1.61. The molecule has 2 aromatic heterocycles. The van der Waals surface area contributed by atoms with Crippen molar-refractivity contribution < 1.29 is 14.5 Å². The molecule has 0 aliphatic heterocycles. The number of fused-ring (bicyclic) bond motifs is 1. The Morgan fingerprint density at radius 3 is 2.50 bits per heavy atom. The van der Waals surface area contributed by atoms with Crippen LogP contribution in [0.5, 0.6) is 11.5 Å². The van der Waals surface area contributed by atoms with Crippen molar-refractivity contribution in [3.05, 3.63) is 54.1 Å². The largest absolute Gasteiger partial charge is 0.507 e. The molecule has 0 saturated heterocycles. The average Bonchev–Trinajstić information content (AvgIpc) is 3.17. The fourth-order valence-electron chi connectivity index (χ4n) is 2.38. The molecule has 0 saturated carbocycles. The fraction of sp³-hybridized carbons (Fsp3) is 0.0556. The lowest BCUT2D eigenvalue weighted by atomic mass is 10.2. The summed E-state index contributed by atoms with van der Waals surface area (Å²) in [5.41, 5.74) is 4.62. The van der Waals surface area contributed by atoms with E-state index < -0.39 is 0 Å². The highest BCUT2D eigenvalue weighted by molar-refractivity contribution is 5.85. The van der Waals surface area contributed by atoms with E-state index in [1.165, 1.54) is 19.4 Å². The highest BCUT2D eigenvalue weighted by Gasteiger charge is 2.12. The second-order valence-electron chi connectivity index (χ2n) is 5.62. The number of methoxy groups -OCH3 is 1. The van der Waals surface area contributed by atoms with Gasteiger partial charge in [0.15, 0.2) is 11.6 Å². The first-order valence-corrected chi connectivity index (χ1v) is 8.21. The lowest BCUT2D eigenvalue weighted by molar-refractivity contribution is 0.314. The molecule has 4 rings (SSSR count). The normalized spacial score (nSPS) is 11.0. The summed E-state index contributed by atoms with van der Waals surface area (Å²) in [7, 11) is 1.53. The van der Waals surface area contributed by atoms with Crippen molar-refractivity contribution in [1.82, 2.24) is 20.3 Å². The molecule has 0 radical (unpaired) electrons. The molecule has 0 amide bonds. The minimum absolute atomic E-state index is 0.0368. The minimum atomic E-state index is 0.0368. The summed E-state index contributed by atoms with van der Waals surface area (Å²) in [5.74, 6) is 1.29. The summed E-state index contributed by atoms with van der Waals surface area (Å²) >= 11 is 0. The van der Waals surface area contributed by atoms with Crippen molar-refractivity contribution in [3.8, 4) is 11.5 Å². The van der Waals surface area contributed by atoms with Crippen LogP contribution in [0.2, 0.25) is 0 Å². The Bertz CT molecular complexity index is 1130. The van der Waals surface area contributed by atoms with Crippen molar-refractivity contribution in [2.75, 3.05) is 17.9 Å². The summed E-state index contributed by atoms with van der Waals surface area (Å²) in [6.45, 7) is 0. The molecule has 4 aromatic rings. The van der Waals surface area contributed by atoms with E-state index in [0.717, 1.165) is 5.69 Å². The van der Waals surface area contributed by atoms with Crippen molar-refractivity contribution in [2.45, 2.75) is 0 Å². The number of hydrazone groups is 1. The number of hydrogen-bond acceptors (Lipinski definition) is 10. The summed E-state index contributed by atoms with van der Waals surface area (Å²) in [4.78, 5) is 8.67. The number of phenolic OH excluding ortho intramolecular Hbond substituents is 1. The smallest absolute Gasteiger partial charge is 0.245 e. The summed E-state index contributed by atoms with van der Waals surface area (Å²) < 4.78 is 9.73. The Kier molecular flexibility index (Phi) is 4.66. The molecule has 0 aliphatic carbocycles. The van der Waals surface area contributed by atoms with Crippen LogP contribution in [0.25, 0.3) is 11.3 Å². The van der Waals surface area contributed by atoms with E-state index in [2.05, 4.69) is 40.8 Å². The van der Waals surface area contributed by atoms with Gasteiger partial charge in [0.1, 0.15) is 11.5 Å². The van der Waals surface area contributed by atoms with Gasteiger partial charge in [-0.2, -0.15) is 10.1 Å². The average molecular weight is 377 g/mol. The fourth-order valence-corrected chi connectivity index (χ4v) is 2.38. The molecule has 0 aliphatic rings. The molecule has 10 nitrogen and oxygen atoms in total. The van der Waals surface area contributed by atoms with E-state index in [9.17, 15) is 5.11 Å². The molecule has 10 heteroatoms. The van der Waals surface area contributed by atoms with Crippen LogP contribution in [0.1, 0.15) is 5.56 Å². The highest BCUT2D eigenvalue weighted by Crippen LogP contribution is 2.24. The van der Waals surface area contributed by atoms with E-state index in [0.29, 0.717) is 22.9 Å². The van der Waals surface area contributed by atoms with Gasteiger partial charge in [0, 0.05) is 17.3 Å². The number of para-hydroxylation sites is 1. The maximum Gasteiger partial charge on any atom is 0.245 e. The Morgan fingerprint density at radius 2 is 1.79 bits per heavy atom. The van der Waals surface area contributed by atoms with E-state index in [1.807, 2.05) is 30.3 Å². The first kappa shape index (κ1) is 17.2. The van der Waals surface area contributed by atoms with E-state index >= 15 is 0 Å². The first-order chi connectivity index (χ1) is 13.7. The summed E-state index contributed by atoms with van der Waals surface area (Å²) in [6, 6.07) is 14.4. The van der Waals surface area contributed by atoms with Crippen molar-refractivity contribution in [3.63, 3.8) is 0 Å². The van der Waals surface area contributed by atoms with Gasteiger partial charge in [0.05, 0.1) is 13.3 Å². The van der Waals surface area contributed by atoms with Crippen LogP contribution in [0, 0.1) is 0 Å². The van der Waals surface area contributed by atoms with E-state index in [-0.39, 0.29) is 17.0 Å². The van der Waals surface area contributed by atoms with Crippen molar-refractivity contribution in [2.24, 2.45) is 5.10 Å². The Morgan fingerprint density at radius 1 is 1.04 bits per heavy atom. The maximum absolute atomic E-state index is 10.0. The standard InChI is InChI=1S/C18H15N7O3/c1-27-13-8-7-11(14(26)9-13)10-19-23-16-15(20-12-5-3-2-4-6-12)21-17-18(22-16)25-28-24-17/h2-10,26H,1H3,(H,20,21,24)(H,22,23,25). The second kappa shape index (κ2) is 7.58. The second-order valence-corrected chi connectivity index (χ2v) is 5.62. The van der Waals surface area contributed by atoms with Gasteiger partial charge < -0.3 is 15.2 Å². The number of ether oxygens (including phenoxy) is 1. The minimum Gasteiger partial charge on any atom is -0.507 e. The molecular formula is C18H15N7O3. The van der Waals surface area contributed by atoms with Crippen molar-refractivity contribution in [1.29, 1.82) is 0 Å². The Hall–Kier alpha value is -4.21. The van der Waals surface area contributed by atoms with Gasteiger partial charge in [-0.15, -0.1) is 0 Å². The van der Waals surface area contributed by atoms with Crippen LogP contribution in [0.15, 0.2) is 58.3 Å². The van der Waals surface area contributed by atoms with Gasteiger partial charge in [-0.25, -0.2) is 9.61 Å². The van der Waals surface area contributed by atoms with Crippen LogP contribution in [-0.4, -0.2) is 38.7 Å². The molecule has 0 bridgehead atoms. The zero-order chi connectivity index (χ0) is 19.3. The lowest BCUT2D eigenvalue weighted by Gasteiger charge is -2.09. The third-order valence-electron chi connectivity index (χ3n) is 3.76. The molecule has 0 spiro atoms. The van der Waals surface area contributed by atoms with Crippen LogP contribution in [-0.2, 0) is 0 Å².